The summed E-state index contributed by atoms with van der Waals surface area (Å²) in [5.74, 6) is 0.422. The topological polar surface area (TPSA) is 54.9 Å². The minimum atomic E-state index is 0.0366. The summed E-state index contributed by atoms with van der Waals surface area (Å²) >= 11 is 4.52. The van der Waals surface area contributed by atoms with Crippen LogP contribution < -0.4 is 5.32 Å². The van der Waals surface area contributed by atoms with E-state index in [0.29, 0.717) is 12.3 Å². The zero-order valence-electron chi connectivity index (χ0n) is 12.0. The second kappa shape index (κ2) is 8.41. The Labute approximate surface area is 137 Å². The van der Waals surface area contributed by atoms with Crippen molar-refractivity contribution in [3.8, 4) is 0 Å². The molecule has 0 spiro atoms. The van der Waals surface area contributed by atoms with Crippen molar-refractivity contribution in [2.24, 2.45) is 0 Å². The van der Waals surface area contributed by atoms with Crippen LogP contribution in [-0.4, -0.2) is 34.7 Å². The second-order valence-electron chi connectivity index (χ2n) is 4.35. The van der Waals surface area contributed by atoms with Crippen LogP contribution in [0.3, 0.4) is 0 Å². The number of hydrogen-bond acceptors (Lipinski definition) is 6. The monoisotopic (exact) mass is 339 g/mol. The second-order valence-corrected chi connectivity index (χ2v) is 7.61. The van der Waals surface area contributed by atoms with Crippen LogP contribution in [0.4, 0.5) is 0 Å². The van der Waals surface area contributed by atoms with E-state index in [1.165, 1.54) is 34.2 Å². The number of carbonyl (C=O) groups is 1. The predicted molar refractivity (Wildman–Crippen MR) is 90.3 cm³/mol. The highest BCUT2D eigenvalue weighted by Gasteiger charge is 2.07. The molecule has 112 valence electrons. The molecule has 0 aliphatic carbocycles. The highest BCUT2D eigenvalue weighted by molar-refractivity contribution is 8.03. The molecule has 0 fully saturated rings. The molecule has 1 heterocycles. The van der Waals surface area contributed by atoms with Gasteiger partial charge in [-0.1, -0.05) is 59.1 Å². The quantitative estimate of drug-likeness (QED) is 0.786. The molecule has 0 unspecified atom stereocenters. The largest absolute Gasteiger partial charge is 0.355 e. The molecule has 1 aromatic heterocycles. The molecule has 0 aliphatic rings. The van der Waals surface area contributed by atoms with E-state index in [-0.39, 0.29) is 5.91 Å². The Kier molecular flexibility index (Phi) is 6.53. The van der Waals surface area contributed by atoms with Crippen molar-refractivity contribution in [1.29, 1.82) is 0 Å². The van der Waals surface area contributed by atoms with Crippen LogP contribution in [-0.2, 0) is 11.2 Å². The summed E-state index contributed by atoms with van der Waals surface area (Å²) in [6, 6.07) is 8.24. The van der Waals surface area contributed by atoms with Gasteiger partial charge in [-0.05, 0) is 30.7 Å². The van der Waals surface area contributed by atoms with Crippen LogP contribution in [0.15, 0.2) is 32.9 Å². The Morgan fingerprint density at radius 2 is 2.05 bits per heavy atom. The van der Waals surface area contributed by atoms with Crippen molar-refractivity contribution in [2.45, 2.75) is 22.0 Å². The van der Waals surface area contributed by atoms with Crippen molar-refractivity contribution in [3.63, 3.8) is 0 Å². The standard InChI is InChI=1S/C14H17N3OS3/c1-10-5-3-4-6-11(10)7-8-15-12(18)9-20-14-17-16-13(19-2)21-14/h3-6H,7-9H2,1-2H3,(H,15,18). The summed E-state index contributed by atoms with van der Waals surface area (Å²) in [6.45, 7) is 2.75. The highest BCUT2D eigenvalue weighted by Crippen LogP contribution is 2.26. The summed E-state index contributed by atoms with van der Waals surface area (Å²) in [6.07, 6.45) is 2.83. The lowest BCUT2D eigenvalue weighted by Gasteiger charge is -2.06. The molecule has 0 bridgehead atoms. The van der Waals surface area contributed by atoms with E-state index in [1.807, 2.05) is 18.4 Å². The molecule has 0 aliphatic heterocycles. The molecular weight excluding hydrogens is 322 g/mol. The first-order chi connectivity index (χ1) is 10.2. The van der Waals surface area contributed by atoms with Crippen LogP contribution in [0, 0.1) is 6.92 Å². The first kappa shape index (κ1) is 16.3. The first-order valence-electron chi connectivity index (χ1n) is 6.50. The number of thioether (sulfide) groups is 2. The molecule has 1 N–H and O–H groups in total. The van der Waals surface area contributed by atoms with Crippen molar-refractivity contribution < 1.29 is 4.79 Å². The predicted octanol–water partition coefficient (Wildman–Crippen LogP) is 3.02. The van der Waals surface area contributed by atoms with Gasteiger partial charge in [0.2, 0.25) is 5.91 Å². The number of nitrogens with zero attached hydrogens (tertiary/aromatic N) is 2. The van der Waals surface area contributed by atoms with E-state index in [9.17, 15) is 4.79 Å². The number of aromatic nitrogens is 2. The van der Waals surface area contributed by atoms with Gasteiger partial charge in [-0.3, -0.25) is 4.79 Å². The van der Waals surface area contributed by atoms with Crippen LogP contribution >= 0.6 is 34.9 Å². The minimum Gasteiger partial charge on any atom is -0.355 e. The summed E-state index contributed by atoms with van der Waals surface area (Å²) in [5.41, 5.74) is 2.54. The smallest absolute Gasteiger partial charge is 0.230 e. The lowest BCUT2D eigenvalue weighted by Crippen LogP contribution is -2.27. The number of aryl methyl sites for hydroxylation is 1. The van der Waals surface area contributed by atoms with Gasteiger partial charge in [-0.2, -0.15) is 0 Å². The first-order valence-corrected chi connectivity index (χ1v) is 9.53. The molecule has 0 atom stereocenters. The van der Waals surface area contributed by atoms with Gasteiger partial charge >= 0.3 is 0 Å². The number of hydrogen-bond donors (Lipinski definition) is 1. The third-order valence-corrected chi connectivity index (χ3v) is 5.90. The Bertz CT molecular complexity index is 601. The van der Waals surface area contributed by atoms with Crippen molar-refractivity contribution in [1.82, 2.24) is 15.5 Å². The molecule has 0 radical (unpaired) electrons. The zero-order valence-corrected chi connectivity index (χ0v) is 14.4. The molecule has 2 rings (SSSR count). The molecule has 2 aromatic rings. The molecule has 7 heteroatoms. The van der Waals surface area contributed by atoms with Gasteiger partial charge < -0.3 is 5.32 Å². The van der Waals surface area contributed by atoms with Crippen LogP contribution in [0.1, 0.15) is 11.1 Å². The molecule has 21 heavy (non-hydrogen) atoms. The third kappa shape index (κ3) is 5.33. The average molecular weight is 340 g/mol. The lowest BCUT2D eigenvalue weighted by molar-refractivity contribution is -0.118. The number of carbonyl (C=O) groups excluding carboxylic acids is 1. The van der Waals surface area contributed by atoms with Crippen molar-refractivity contribution in [3.05, 3.63) is 35.4 Å². The van der Waals surface area contributed by atoms with E-state index in [2.05, 4.69) is 34.6 Å². The van der Waals surface area contributed by atoms with Gasteiger partial charge in [-0.25, -0.2) is 0 Å². The highest BCUT2D eigenvalue weighted by atomic mass is 32.2. The summed E-state index contributed by atoms with van der Waals surface area (Å²) in [7, 11) is 0. The van der Waals surface area contributed by atoms with Crippen molar-refractivity contribution in [2.75, 3.05) is 18.6 Å². The fourth-order valence-electron chi connectivity index (χ4n) is 1.74. The average Bonchev–Trinajstić information content (AvgIpc) is 2.95. The molecule has 1 amide bonds. The summed E-state index contributed by atoms with van der Waals surface area (Å²) < 4.78 is 1.77. The molecule has 0 saturated carbocycles. The maximum Gasteiger partial charge on any atom is 0.230 e. The van der Waals surface area contributed by atoms with Crippen LogP contribution in [0.2, 0.25) is 0 Å². The normalized spacial score (nSPS) is 10.6. The molecular formula is C14H17N3OS3. The van der Waals surface area contributed by atoms with Gasteiger partial charge in [0.1, 0.15) is 0 Å². The van der Waals surface area contributed by atoms with E-state index in [4.69, 9.17) is 0 Å². The molecule has 0 saturated heterocycles. The summed E-state index contributed by atoms with van der Waals surface area (Å²) in [5, 5.41) is 11.0. The Balaban J connectivity index is 1.69. The van der Waals surface area contributed by atoms with E-state index < -0.39 is 0 Å². The Hall–Kier alpha value is -1.05. The maximum absolute atomic E-state index is 11.8. The van der Waals surface area contributed by atoms with E-state index >= 15 is 0 Å². The Morgan fingerprint density at radius 3 is 2.76 bits per heavy atom. The number of rotatable bonds is 7. The van der Waals surface area contributed by atoms with E-state index in [1.54, 1.807) is 11.8 Å². The zero-order chi connectivity index (χ0) is 15.1. The fraction of sp³-hybridized carbons (Fsp3) is 0.357. The summed E-state index contributed by atoms with van der Waals surface area (Å²) in [4.78, 5) is 11.8. The molecule has 4 nitrogen and oxygen atoms in total. The fourth-order valence-corrected chi connectivity index (χ4v) is 4.01. The number of amides is 1. The third-order valence-electron chi connectivity index (χ3n) is 2.87. The molecule has 1 aromatic carbocycles. The van der Waals surface area contributed by atoms with Gasteiger partial charge in [0.05, 0.1) is 5.75 Å². The van der Waals surface area contributed by atoms with Crippen LogP contribution in [0.5, 0.6) is 0 Å². The maximum atomic E-state index is 11.8. The number of benzene rings is 1. The Morgan fingerprint density at radius 1 is 1.29 bits per heavy atom. The van der Waals surface area contributed by atoms with Gasteiger partial charge in [-0.15, -0.1) is 10.2 Å². The lowest BCUT2D eigenvalue weighted by atomic mass is 10.1. The van der Waals surface area contributed by atoms with Gasteiger partial charge in [0.15, 0.2) is 8.68 Å². The van der Waals surface area contributed by atoms with Gasteiger partial charge in [0.25, 0.3) is 0 Å². The van der Waals surface area contributed by atoms with E-state index in [0.717, 1.165) is 15.1 Å². The SMILES string of the molecule is CSc1nnc(SCC(=O)NCCc2ccccc2C)s1. The van der Waals surface area contributed by atoms with Crippen LogP contribution in [0.25, 0.3) is 0 Å². The number of nitrogens with one attached hydrogen (secondary N) is 1. The van der Waals surface area contributed by atoms with Crippen molar-refractivity contribution >= 4 is 40.8 Å². The minimum absolute atomic E-state index is 0.0366. The van der Waals surface area contributed by atoms with Gasteiger partial charge in [0, 0.05) is 6.54 Å².